The van der Waals surface area contributed by atoms with Gasteiger partial charge in [0, 0.05) is 50.9 Å². The molecule has 0 spiro atoms. The zero-order valence-corrected chi connectivity index (χ0v) is 15.9. The lowest BCUT2D eigenvalue weighted by molar-refractivity contribution is 0.0995. The molecule has 1 saturated heterocycles. The van der Waals surface area contributed by atoms with Gasteiger partial charge in [-0.05, 0) is 17.7 Å². The number of carbonyl (C=O) groups excluding carboxylic acids is 2. The molecule has 0 unspecified atom stereocenters. The number of piperazine rings is 1. The first-order valence-electron chi connectivity index (χ1n) is 9.36. The van der Waals surface area contributed by atoms with E-state index in [0.717, 1.165) is 6.07 Å². The SMILES string of the molecule is NC(=O)c1cc(N2CCN(C(=O)N3N=CC[C@H]3c3cc(F)cc(F)c3)CC2)ncn1. The number of halogens is 2. The second-order valence-electron chi connectivity index (χ2n) is 6.98. The minimum atomic E-state index is -0.696. The Morgan fingerprint density at radius 1 is 1.00 bits per heavy atom. The quantitative estimate of drug-likeness (QED) is 0.818. The van der Waals surface area contributed by atoms with Crippen LogP contribution >= 0.6 is 0 Å². The van der Waals surface area contributed by atoms with E-state index in [1.54, 1.807) is 11.1 Å². The van der Waals surface area contributed by atoms with Gasteiger partial charge in [0.05, 0.1) is 6.04 Å². The van der Waals surface area contributed by atoms with Crippen LogP contribution in [0.4, 0.5) is 19.4 Å². The summed E-state index contributed by atoms with van der Waals surface area (Å²) in [6.07, 6.45) is 3.22. The number of urea groups is 1. The monoisotopic (exact) mass is 415 g/mol. The number of rotatable bonds is 3. The average Bonchev–Trinajstić information content (AvgIpc) is 3.23. The van der Waals surface area contributed by atoms with Crippen molar-refractivity contribution < 1.29 is 18.4 Å². The van der Waals surface area contributed by atoms with E-state index in [9.17, 15) is 18.4 Å². The summed E-state index contributed by atoms with van der Waals surface area (Å²) >= 11 is 0. The predicted octanol–water partition coefficient (Wildman–Crippen LogP) is 1.53. The van der Waals surface area contributed by atoms with Gasteiger partial charge >= 0.3 is 6.03 Å². The lowest BCUT2D eigenvalue weighted by Crippen LogP contribution is -2.52. The number of hydrazone groups is 1. The summed E-state index contributed by atoms with van der Waals surface area (Å²) in [6, 6.07) is 3.85. The van der Waals surface area contributed by atoms with Gasteiger partial charge in [0.15, 0.2) is 0 Å². The van der Waals surface area contributed by atoms with Crippen LogP contribution in [0.25, 0.3) is 0 Å². The van der Waals surface area contributed by atoms with E-state index in [0.29, 0.717) is 44.0 Å². The molecule has 156 valence electrons. The average molecular weight is 415 g/mol. The van der Waals surface area contributed by atoms with E-state index in [1.807, 2.05) is 4.90 Å². The molecule has 11 heteroatoms. The fourth-order valence-corrected chi connectivity index (χ4v) is 3.57. The van der Waals surface area contributed by atoms with Gasteiger partial charge in [0.2, 0.25) is 0 Å². The molecule has 1 fully saturated rings. The van der Waals surface area contributed by atoms with Crippen molar-refractivity contribution in [2.24, 2.45) is 10.8 Å². The van der Waals surface area contributed by atoms with Crippen molar-refractivity contribution >= 4 is 24.0 Å². The summed E-state index contributed by atoms with van der Waals surface area (Å²) in [5.41, 5.74) is 5.74. The number of anilines is 1. The smallest absolute Gasteiger partial charge is 0.341 e. The van der Waals surface area contributed by atoms with Crippen molar-refractivity contribution in [1.29, 1.82) is 0 Å². The third-order valence-electron chi connectivity index (χ3n) is 5.07. The van der Waals surface area contributed by atoms with Gasteiger partial charge in [0.1, 0.15) is 29.5 Å². The first-order valence-corrected chi connectivity index (χ1v) is 9.36. The van der Waals surface area contributed by atoms with Crippen LogP contribution in [0.3, 0.4) is 0 Å². The standard InChI is InChI=1S/C19H19F2N7O2/c20-13-7-12(8-14(21)9-13)16-1-2-25-28(16)19(30)27-5-3-26(4-6-27)17-10-15(18(22)29)23-11-24-17/h2,7-11,16H,1,3-6H2,(H2,22,29)/t16-/m0/s1. The number of hydrogen-bond donors (Lipinski definition) is 1. The summed E-state index contributed by atoms with van der Waals surface area (Å²) in [4.78, 5) is 35.8. The first-order chi connectivity index (χ1) is 14.4. The minimum absolute atomic E-state index is 0.120. The van der Waals surface area contributed by atoms with Crippen LogP contribution < -0.4 is 10.6 Å². The van der Waals surface area contributed by atoms with Gasteiger partial charge in [-0.3, -0.25) is 4.79 Å². The lowest BCUT2D eigenvalue weighted by atomic mass is 10.0. The summed E-state index contributed by atoms with van der Waals surface area (Å²) < 4.78 is 27.2. The number of carbonyl (C=O) groups is 2. The molecule has 2 aliphatic rings. The fourth-order valence-electron chi connectivity index (χ4n) is 3.57. The Morgan fingerprint density at radius 2 is 1.70 bits per heavy atom. The van der Waals surface area contributed by atoms with E-state index in [1.165, 1.54) is 29.5 Å². The Labute approximate surface area is 170 Å². The molecule has 3 amide bonds. The first kappa shape index (κ1) is 19.7. The highest BCUT2D eigenvalue weighted by Gasteiger charge is 2.33. The third kappa shape index (κ3) is 3.91. The molecule has 2 aliphatic heterocycles. The van der Waals surface area contributed by atoms with Crippen LogP contribution in [-0.4, -0.2) is 64.2 Å². The zero-order chi connectivity index (χ0) is 21.3. The third-order valence-corrected chi connectivity index (χ3v) is 5.07. The summed E-state index contributed by atoms with van der Waals surface area (Å²) in [5.74, 6) is -1.48. The summed E-state index contributed by atoms with van der Waals surface area (Å²) in [5, 5.41) is 5.39. The molecule has 3 heterocycles. The normalized spacial score (nSPS) is 18.7. The van der Waals surface area contributed by atoms with E-state index >= 15 is 0 Å². The highest BCUT2D eigenvalue weighted by Crippen LogP contribution is 2.30. The van der Waals surface area contributed by atoms with Crippen molar-refractivity contribution in [3.63, 3.8) is 0 Å². The maximum Gasteiger partial charge on any atom is 0.341 e. The highest BCUT2D eigenvalue weighted by molar-refractivity contribution is 5.91. The largest absolute Gasteiger partial charge is 0.364 e. The topological polar surface area (TPSA) is 108 Å². The van der Waals surface area contributed by atoms with E-state index in [2.05, 4.69) is 15.1 Å². The number of nitrogens with zero attached hydrogens (tertiary/aromatic N) is 6. The molecular weight excluding hydrogens is 396 g/mol. The molecule has 0 radical (unpaired) electrons. The van der Waals surface area contributed by atoms with Crippen molar-refractivity contribution in [2.45, 2.75) is 12.5 Å². The number of primary amides is 1. The Balaban J connectivity index is 1.43. The molecule has 0 bridgehead atoms. The second kappa shape index (κ2) is 8.01. The van der Waals surface area contributed by atoms with Crippen LogP contribution in [0.15, 0.2) is 35.7 Å². The molecule has 0 saturated carbocycles. The van der Waals surface area contributed by atoms with Crippen LogP contribution in [0, 0.1) is 11.6 Å². The molecule has 1 aromatic heterocycles. The molecule has 2 N–H and O–H groups in total. The Bertz CT molecular complexity index is 988. The number of nitrogens with two attached hydrogens (primary N) is 1. The van der Waals surface area contributed by atoms with Crippen molar-refractivity contribution in [3.05, 3.63) is 53.5 Å². The van der Waals surface area contributed by atoms with Gasteiger partial charge < -0.3 is 15.5 Å². The van der Waals surface area contributed by atoms with Crippen LogP contribution in [-0.2, 0) is 0 Å². The molecule has 1 aromatic carbocycles. The van der Waals surface area contributed by atoms with Crippen LogP contribution in [0.2, 0.25) is 0 Å². The number of benzene rings is 1. The highest BCUT2D eigenvalue weighted by atomic mass is 19.1. The van der Waals surface area contributed by atoms with Gasteiger partial charge in [-0.15, -0.1) is 0 Å². The number of aromatic nitrogens is 2. The van der Waals surface area contributed by atoms with Crippen molar-refractivity contribution in [2.75, 3.05) is 31.1 Å². The molecule has 9 nitrogen and oxygen atoms in total. The molecule has 0 aliphatic carbocycles. The van der Waals surface area contributed by atoms with Gasteiger partial charge in [0.25, 0.3) is 5.91 Å². The Hall–Kier alpha value is -3.63. The second-order valence-corrected chi connectivity index (χ2v) is 6.98. The fraction of sp³-hybridized carbons (Fsp3) is 0.316. The minimum Gasteiger partial charge on any atom is -0.364 e. The molecule has 1 atom stereocenters. The van der Waals surface area contributed by atoms with E-state index in [4.69, 9.17) is 5.73 Å². The predicted molar refractivity (Wildman–Crippen MR) is 104 cm³/mol. The number of amides is 3. The Kier molecular flexibility index (Phi) is 5.25. The van der Waals surface area contributed by atoms with Crippen molar-refractivity contribution in [1.82, 2.24) is 19.9 Å². The maximum absolute atomic E-state index is 13.6. The van der Waals surface area contributed by atoms with Gasteiger partial charge in [-0.25, -0.2) is 28.6 Å². The van der Waals surface area contributed by atoms with Crippen LogP contribution in [0.1, 0.15) is 28.5 Å². The molecule has 30 heavy (non-hydrogen) atoms. The van der Waals surface area contributed by atoms with E-state index < -0.39 is 23.6 Å². The van der Waals surface area contributed by atoms with Gasteiger partial charge in [-0.1, -0.05) is 0 Å². The van der Waals surface area contributed by atoms with Crippen LogP contribution in [0.5, 0.6) is 0 Å². The zero-order valence-electron chi connectivity index (χ0n) is 15.9. The number of hydrogen-bond acceptors (Lipinski definition) is 6. The van der Waals surface area contributed by atoms with Crippen molar-refractivity contribution in [3.8, 4) is 0 Å². The van der Waals surface area contributed by atoms with Gasteiger partial charge in [-0.2, -0.15) is 5.10 Å². The molecular formula is C19H19F2N7O2. The molecule has 2 aromatic rings. The van der Waals surface area contributed by atoms with E-state index in [-0.39, 0.29) is 11.7 Å². The lowest BCUT2D eigenvalue weighted by Gasteiger charge is -2.37. The Morgan fingerprint density at radius 3 is 2.37 bits per heavy atom. The summed E-state index contributed by atoms with van der Waals surface area (Å²) in [6.45, 7) is 1.76. The maximum atomic E-state index is 13.6. The molecule has 4 rings (SSSR count). The summed E-state index contributed by atoms with van der Waals surface area (Å²) in [7, 11) is 0.